The lowest BCUT2D eigenvalue weighted by Gasteiger charge is -2.30. The molecule has 0 fully saturated rings. The number of carbonyl (C=O) groups excluding carboxylic acids is 1. The second-order valence-electron chi connectivity index (χ2n) is 9.15. The van der Waals surface area contributed by atoms with Gasteiger partial charge in [0.15, 0.2) is 0 Å². The number of aromatic hydroxyl groups is 1. The lowest BCUT2D eigenvalue weighted by Crippen LogP contribution is -2.25. The number of hydrogen-bond donors (Lipinski definition) is 1. The fraction of sp³-hybridized carbons (Fsp3) is 0.138. The van der Waals surface area contributed by atoms with Crippen LogP contribution in [-0.2, 0) is 11.2 Å². The number of fused-ring (bicyclic) bond motifs is 4. The standard InChI is InChI=1S/C15H12FNO3S.C14H10N2O4S/c16-5-6-20-13-4-2-11-7-10-1-3-12(17(18)19)8-14(10)21-15(11)9-13;1-8(17)15-11-4-2-9(16(19)20)6-13(11)21-14-7-10(18)3-5-12(14)15/h1-4,8-9H,5-7H2;2-7,18H,1H3/i16-1;. The molecule has 0 unspecified atom stereocenters. The third kappa shape index (κ3) is 6.02. The van der Waals surface area contributed by atoms with Crippen LogP contribution in [0.2, 0.25) is 0 Å². The van der Waals surface area contributed by atoms with E-state index in [4.69, 9.17) is 4.74 Å². The molecule has 2 aliphatic heterocycles. The third-order valence-electron chi connectivity index (χ3n) is 6.36. The first-order chi connectivity index (χ1) is 20.1. The maximum atomic E-state index is 12.1. The fourth-order valence-corrected chi connectivity index (χ4v) is 6.74. The van der Waals surface area contributed by atoms with Crippen molar-refractivity contribution in [3.63, 3.8) is 0 Å². The van der Waals surface area contributed by atoms with Crippen LogP contribution in [0, 0.1) is 20.2 Å². The molecule has 0 saturated heterocycles. The smallest absolute Gasteiger partial charge is 0.270 e. The highest BCUT2D eigenvalue weighted by molar-refractivity contribution is 8.00. The second kappa shape index (κ2) is 12.1. The maximum absolute atomic E-state index is 12.1. The molecule has 6 rings (SSSR count). The van der Waals surface area contributed by atoms with Gasteiger partial charge >= 0.3 is 0 Å². The van der Waals surface area contributed by atoms with Gasteiger partial charge in [0, 0.05) is 50.8 Å². The fourth-order valence-electron chi connectivity index (χ4n) is 4.48. The van der Waals surface area contributed by atoms with Gasteiger partial charge in [-0.15, -0.1) is 0 Å². The number of hydrogen-bond acceptors (Lipinski definition) is 9. The number of amides is 1. The summed E-state index contributed by atoms with van der Waals surface area (Å²) in [5, 5.41) is 31.3. The van der Waals surface area contributed by atoms with E-state index in [2.05, 4.69) is 0 Å². The van der Waals surface area contributed by atoms with E-state index in [1.54, 1.807) is 24.3 Å². The molecule has 0 bridgehead atoms. The van der Waals surface area contributed by atoms with Gasteiger partial charge in [-0.2, -0.15) is 0 Å². The summed E-state index contributed by atoms with van der Waals surface area (Å²) in [7, 11) is 0. The van der Waals surface area contributed by atoms with Crippen LogP contribution in [0.3, 0.4) is 0 Å². The number of alkyl halides is 1. The molecule has 0 radical (unpaired) electrons. The van der Waals surface area contributed by atoms with Crippen LogP contribution in [-0.4, -0.2) is 34.1 Å². The average molecular weight is 607 g/mol. The first-order valence-electron chi connectivity index (χ1n) is 12.5. The molecular formula is C29H22FN3O7S2. The number of nitro groups is 2. The molecule has 4 aromatic carbocycles. The summed E-state index contributed by atoms with van der Waals surface area (Å²) in [4.78, 5) is 37.5. The van der Waals surface area contributed by atoms with Crippen molar-refractivity contribution in [1.82, 2.24) is 0 Å². The Morgan fingerprint density at radius 2 is 1.40 bits per heavy atom. The number of anilines is 2. The predicted octanol–water partition coefficient (Wildman–Crippen LogP) is 7.45. The summed E-state index contributed by atoms with van der Waals surface area (Å²) >= 11 is 2.77. The Bertz CT molecular complexity index is 1730. The number of non-ortho nitro benzene ring substituents is 2. The first kappa shape index (κ1) is 28.9. The monoisotopic (exact) mass is 606 g/mol. The van der Waals surface area contributed by atoms with Gasteiger partial charge in [-0.25, -0.2) is 4.39 Å². The van der Waals surface area contributed by atoms with Gasteiger partial charge in [-0.05, 0) is 53.9 Å². The van der Waals surface area contributed by atoms with Crippen LogP contribution >= 0.6 is 23.5 Å². The molecule has 42 heavy (non-hydrogen) atoms. The van der Waals surface area contributed by atoms with E-state index < -0.39 is 16.5 Å². The molecule has 2 heterocycles. The van der Waals surface area contributed by atoms with E-state index in [-0.39, 0.29) is 29.6 Å². The number of halogens is 1. The highest BCUT2D eigenvalue weighted by atomic mass is 32.2. The first-order valence-corrected chi connectivity index (χ1v) is 14.1. The van der Waals surface area contributed by atoms with Gasteiger partial charge in [-0.3, -0.25) is 29.9 Å². The summed E-state index contributed by atoms with van der Waals surface area (Å²) in [6.45, 7) is 0.933. The molecular weight excluding hydrogens is 584 g/mol. The van der Waals surface area contributed by atoms with Crippen LogP contribution in [0.25, 0.3) is 0 Å². The summed E-state index contributed by atoms with van der Waals surface area (Å²) in [5.74, 6) is 0.503. The van der Waals surface area contributed by atoms with Gasteiger partial charge in [-0.1, -0.05) is 35.7 Å². The lowest BCUT2D eigenvalue weighted by atomic mass is 10.0. The van der Waals surface area contributed by atoms with Crippen LogP contribution in [0.5, 0.6) is 11.5 Å². The zero-order valence-electron chi connectivity index (χ0n) is 22.0. The van der Waals surface area contributed by atoms with Gasteiger partial charge in [0.1, 0.15) is 24.8 Å². The number of nitrogens with zero attached hydrogens (tertiary/aromatic N) is 3. The van der Waals surface area contributed by atoms with Gasteiger partial charge in [0.05, 0.1) is 21.2 Å². The molecule has 0 spiro atoms. The van der Waals surface area contributed by atoms with Crippen LogP contribution < -0.4 is 9.64 Å². The summed E-state index contributed by atoms with van der Waals surface area (Å²) < 4.78 is 17.4. The van der Waals surface area contributed by atoms with Crippen LogP contribution in [0.1, 0.15) is 18.1 Å². The normalized spacial score (nSPS) is 12.5. The minimum Gasteiger partial charge on any atom is -0.508 e. The molecule has 214 valence electrons. The summed E-state index contributed by atoms with van der Waals surface area (Å²) in [6, 6.07) is 19.6. The molecule has 0 aromatic heterocycles. The molecule has 1 N–H and O–H groups in total. The van der Waals surface area contributed by atoms with Crippen molar-refractivity contribution in [3.8, 4) is 11.5 Å². The minimum atomic E-state index is -0.529. The Balaban J connectivity index is 0.000000168. The zero-order valence-corrected chi connectivity index (χ0v) is 23.6. The van der Waals surface area contributed by atoms with Crippen molar-refractivity contribution >= 4 is 52.2 Å². The number of phenolic OH excluding ortho intramolecular Hbond substituents is 1. The number of rotatable bonds is 5. The Morgan fingerprint density at radius 3 is 2.05 bits per heavy atom. The van der Waals surface area contributed by atoms with E-state index in [9.17, 15) is 34.5 Å². The van der Waals surface area contributed by atoms with Crippen LogP contribution in [0.4, 0.5) is 27.1 Å². The zero-order chi connectivity index (χ0) is 30.0. The molecule has 13 heteroatoms. The Kier molecular flexibility index (Phi) is 8.31. The van der Waals surface area contributed by atoms with Gasteiger partial charge in [0.25, 0.3) is 11.4 Å². The third-order valence-corrected chi connectivity index (χ3v) is 8.65. The van der Waals surface area contributed by atoms with Crippen molar-refractivity contribution in [2.45, 2.75) is 32.9 Å². The number of phenols is 1. The lowest BCUT2D eigenvalue weighted by molar-refractivity contribution is -0.385. The Hall–Kier alpha value is -4.62. The molecule has 4 aromatic rings. The minimum absolute atomic E-state index is 0.0332. The van der Waals surface area contributed by atoms with E-state index in [0.29, 0.717) is 26.9 Å². The second-order valence-corrected chi connectivity index (χ2v) is 11.3. The molecule has 0 saturated carbocycles. The maximum Gasteiger partial charge on any atom is 0.270 e. The van der Waals surface area contributed by atoms with Crippen molar-refractivity contribution < 1.29 is 28.9 Å². The summed E-state index contributed by atoms with van der Waals surface area (Å²) in [5.41, 5.74) is 3.55. The average Bonchev–Trinajstić information content (AvgIpc) is 2.97. The molecule has 1 amide bonds. The van der Waals surface area contributed by atoms with Crippen molar-refractivity contribution in [2.75, 3.05) is 18.2 Å². The molecule has 0 aliphatic carbocycles. The van der Waals surface area contributed by atoms with Crippen LogP contribution in [0.15, 0.2) is 92.4 Å². The van der Waals surface area contributed by atoms with Crippen molar-refractivity contribution in [1.29, 1.82) is 0 Å². The van der Waals surface area contributed by atoms with Crippen molar-refractivity contribution in [3.05, 3.63) is 104 Å². The quantitative estimate of drug-likeness (QED) is 0.160. The van der Waals surface area contributed by atoms with E-state index in [1.165, 1.54) is 65.7 Å². The van der Waals surface area contributed by atoms with Crippen molar-refractivity contribution in [2.24, 2.45) is 0 Å². The number of nitro benzene ring substituents is 2. The number of ether oxygens (including phenoxy) is 1. The highest BCUT2D eigenvalue weighted by Crippen LogP contribution is 2.50. The topological polar surface area (TPSA) is 136 Å². The predicted molar refractivity (Wildman–Crippen MR) is 156 cm³/mol. The SMILES string of the molecule is CC(=O)N1c2ccc(O)cc2Sc2cc([N+](=O)[O-])ccc21.O=[N+]([O-])c1ccc2c(c1)Sc1cc(OCC[18F])ccc1C2. The Labute approximate surface area is 247 Å². The molecule has 10 nitrogen and oxygen atoms in total. The largest absolute Gasteiger partial charge is 0.508 e. The van der Waals surface area contributed by atoms with E-state index in [1.807, 2.05) is 18.2 Å². The summed E-state index contributed by atoms with van der Waals surface area (Å²) in [6.07, 6.45) is 0.735. The van der Waals surface area contributed by atoms with E-state index >= 15 is 0 Å². The Morgan fingerprint density at radius 1 is 0.857 bits per heavy atom. The highest BCUT2D eigenvalue weighted by Gasteiger charge is 2.28. The molecule has 2 aliphatic rings. The van der Waals surface area contributed by atoms with Gasteiger partial charge < -0.3 is 9.84 Å². The van der Waals surface area contributed by atoms with Gasteiger partial charge in [0.2, 0.25) is 5.91 Å². The molecule has 0 atom stereocenters. The van der Waals surface area contributed by atoms with E-state index in [0.717, 1.165) is 27.3 Å². The number of benzene rings is 4. The number of carbonyl (C=O) groups is 1.